The Labute approximate surface area is 183 Å². The summed E-state index contributed by atoms with van der Waals surface area (Å²) in [5.41, 5.74) is -1.15. The molecule has 0 spiro atoms. The van der Waals surface area contributed by atoms with E-state index in [0.29, 0.717) is 30.2 Å². The van der Waals surface area contributed by atoms with Crippen LogP contribution in [-0.2, 0) is 25.8 Å². The van der Waals surface area contributed by atoms with Gasteiger partial charge in [0.15, 0.2) is 5.69 Å². The summed E-state index contributed by atoms with van der Waals surface area (Å²) in [4.78, 5) is 16.1. The molecule has 0 saturated carbocycles. The van der Waals surface area contributed by atoms with Crippen LogP contribution in [0, 0.1) is 0 Å². The van der Waals surface area contributed by atoms with Gasteiger partial charge in [-0.2, -0.15) is 36.5 Å². The van der Waals surface area contributed by atoms with Gasteiger partial charge < -0.3 is 5.32 Å². The highest BCUT2D eigenvalue weighted by atomic mass is 19.4. The molecule has 1 atom stereocenters. The number of aromatic nitrogens is 5. The van der Waals surface area contributed by atoms with E-state index in [4.69, 9.17) is 0 Å². The van der Waals surface area contributed by atoms with Gasteiger partial charge in [-0.1, -0.05) is 6.42 Å². The number of carbonyl (C=O) groups is 1. The van der Waals surface area contributed by atoms with Gasteiger partial charge in [-0.25, -0.2) is 4.68 Å². The molecule has 13 heteroatoms. The average Bonchev–Trinajstić information content (AvgIpc) is 3.29. The van der Waals surface area contributed by atoms with Crippen molar-refractivity contribution in [1.82, 2.24) is 29.9 Å². The smallest absolute Gasteiger partial charge is 0.344 e. The lowest BCUT2D eigenvalue weighted by Gasteiger charge is -2.16. The van der Waals surface area contributed by atoms with Gasteiger partial charge in [0.2, 0.25) is 0 Å². The van der Waals surface area contributed by atoms with E-state index in [0.717, 1.165) is 29.8 Å². The molecule has 1 N–H and O–H groups in total. The Morgan fingerprint density at radius 1 is 1.06 bits per heavy atom. The predicted octanol–water partition coefficient (Wildman–Crippen LogP) is 4.24. The summed E-state index contributed by atoms with van der Waals surface area (Å²) in [7, 11) is 1.24. The summed E-state index contributed by atoms with van der Waals surface area (Å²) in [6.45, 7) is 0. The van der Waals surface area contributed by atoms with Gasteiger partial charge in [-0.05, 0) is 31.4 Å². The lowest BCUT2D eigenvalue weighted by molar-refractivity contribution is -0.142. The first-order valence-corrected chi connectivity index (χ1v) is 9.97. The molecule has 1 aliphatic rings. The standard InChI is InChI=1S/C20H18F6N6O/c1-31-15(9-17(30-31)20(24,25)26)18(33)28-13-4-2-3-5-14-12(13)10-32(29-14)11-6-7-27-16(8-11)19(21,22)23/h6-10,13H,2-5H2,1H3,(H,28,33)/t13-/m0/s1. The number of nitrogens with one attached hydrogen (secondary N) is 1. The van der Waals surface area contributed by atoms with E-state index < -0.39 is 35.7 Å². The fraction of sp³-hybridized carbons (Fsp3) is 0.400. The van der Waals surface area contributed by atoms with Crippen molar-refractivity contribution in [1.29, 1.82) is 0 Å². The number of rotatable bonds is 3. The number of amides is 1. The zero-order valence-corrected chi connectivity index (χ0v) is 17.2. The van der Waals surface area contributed by atoms with Gasteiger partial charge in [0.05, 0.1) is 17.4 Å². The monoisotopic (exact) mass is 472 g/mol. The maximum absolute atomic E-state index is 13.0. The van der Waals surface area contributed by atoms with Crippen molar-refractivity contribution in [3.63, 3.8) is 0 Å². The Bertz CT molecular complexity index is 1180. The molecule has 3 aromatic heterocycles. The second-order valence-corrected chi connectivity index (χ2v) is 7.68. The molecule has 7 nitrogen and oxygen atoms in total. The van der Waals surface area contributed by atoms with E-state index in [9.17, 15) is 31.1 Å². The molecule has 0 bridgehead atoms. The highest BCUT2D eigenvalue weighted by molar-refractivity contribution is 5.93. The van der Waals surface area contributed by atoms with Crippen LogP contribution >= 0.6 is 0 Å². The van der Waals surface area contributed by atoms with E-state index >= 15 is 0 Å². The number of fused-ring (bicyclic) bond motifs is 1. The van der Waals surface area contributed by atoms with Crippen molar-refractivity contribution in [3.05, 3.63) is 58.9 Å². The van der Waals surface area contributed by atoms with Crippen LogP contribution in [0.3, 0.4) is 0 Å². The number of hydrogen-bond acceptors (Lipinski definition) is 4. The SMILES string of the molecule is Cn1nc(C(F)(F)F)cc1C(=O)N[C@H]1CCCCc2nn(-c3ccnc(C(F)(F)F)c3)cc21. The molecule has 3 heterocycles. The van der Waals surface area contributed by atoms with Crippen LogP contribution in [0.2, 0.25) is 0 Å². The Balaban J connectivity index is 1.62. The summed E-state index contributed by atoms with van der Waals surface area (Å²) in [5.74, 6) is -0.741. The lowest BCUT2D eigenvalue weighted by Crippen LogP contribution is -2.30. The minimum Gasteiger partial charge on any atom is -0.344 e. The topological polar surface area (TPSA) is 77.6 Å². The molecule has 4 rings (SSSR count). The molecular weight excluding hydrogens is 454 g/mol. The van der Waals surface area contributed by atoms with E-state index in [2.05, 4.69) is 20.5 Å². The molecule has 0 fully saturated rings. The van der Waals surface area contributed by atoms with Crippen LogP contribution in [0.15, 0.2) is 30.6 Å². The van der Waals surface area contributed by atoms with Crippen molar-refractivity contribution in [3.8, 4) is 5.69 Å². The second kappa shape index (κ2) is 8.19. The zero-order valence-electron chi connectivity index (χ0n) is 17.2. The van der Waals surface area contributed by atoms with E-state index in [-0.39, 0.29) is 11.4 Å². The molecule has 176 valence electrons. The summed E-state index contributed by atoms with van der Waals surface area (Å²) in [6.07, 6.45) is -4.22. The Hall–Kier alpha value is -3.38. The van der Waals surface area contributed by atoms with E-state index in [1.165, 1.54) is 24.0 Å². The third kappa shape index (κ3) is 4.71. The summed E-state index contributed by atoms with van der Waals surface area (Å²) in [5, 5.41) is 10.5. The van der Waals surface area contributed by atoms with Crippen LogP contribution in [0.1, 0.15) is 58.4 Å². The number of alkyl halides is 6. The molecular formula is C20H18F6N6O. The maximum atomic E-state index is 13.0. The van der Waals surface area contributed by atoms with Gasteiger partial charge in [-0.15, -0.1) is 0 Å². The van der Waals surface area contributed by atoms with Crippen molar-refractivity contribution in [2.24, 2.45) is 7.05 Å². The lowest BCUT2D eigenvalue weighted by atomic mass is 10.1. The van der Waals surface area contributed by atoms with Crippen molar-refractivity contribution >= 4 is 5.91 Å². The minimum absolute atomic E-state index is 0.150. The van der Waals surface area contributed by atoms with E-state index in [1.54, 1.807) is 0 Å². The van der Waals surface area contributed by atoms with Crippen LogP contribution in [0.4, 0.5) is 26.3 Å². The summed E-state index contributed by atoms with van der Waals surface area (Å²) < 4.78 is 80.0. The molecule has 0 aromatic carbocycles. The molecule has 3 aromatic rings. The van der Waals surface area contributed by atoms with Crippen LogP contribution in [0.5, 0.6) is 0 Å². The highest BCUT2D eigenvalue weighted by Crippen LogP contribution is 2.32. The fourth-order valence-corrected chi connectivity index (χ4v) is 3.75. The molecule has 1 amide bonds. The average molecular weight is 472 g/mol. The molecule has 33 heavy (non-hydrogen) atoms. The van der Waals surface area contributed by atoms with Crippen molar-refractivity contribution in [2.45, 2.75) is 44.1 Å². The van der Waals surface area contributed by atoms with Gasteiger partial charge in [0.25, 0.3) is 5.91 Å². The van der Waals surface area contributed by atoms with Crippen LogP contribution < -0.4 is 5.32 Å². The number of halogens is 6. The van der Waals surface area contributed by atoms with Gasteiger partial charge in [-0.3, -0.25) is 14.5 Å². The molecule has 0 saturated heterocycles. The predicted molar refractivity (Wildman–Crippen MR) is 102 cm³/mol. The quantitative estimate of drug-likeness (QED) is 0.457. The highest BCUT2D eigenvalue weighted by Gasteiger charge is 2.36. The van der Waals surface area contributed by atoms with E-state index in [1.807, 2.05) is 0 Å². The Morgan fingerprint density at radius 3 is 2.45 bits per heavy atom. The number of pyridine rings is 1. The normalized spacial score (nSPS) is 16.9. The van der Waals surface area contributed by atoms with Gasteiger partial charge in [0.1, 0.15) is 11.4 Å². The van der Waals surface area contributed by atoms with Crippen molar-refractivity contribution < 1.29 is 31.1 Å². The fourth-order valence-electron chi connectivity index (χ4n) is 3.75. The summed E-state index contributed by atoms with van der Waals surface area (Å²) >= 11 is 0. The largest absolute Gasteiger partial charge is 0.435 e. The maximum Gasteiger partial charge on any atom is 0.435 e. The number of nitrogens with zero attached hydrogens (tertiary/aromatic N) is 5. The second-order valence-electron chi connectivity index (χ2n) is 7.68. The Morgan fingerprint density at radius 2 is 1.79 bits per heavy atom. The van der Waals surface area contributed by atoms with Gasteiger partial charge >= 0.3 is 12.4 Å². The number of hydrogen-bond donors (Lipinski definition) is 1. The third-order valence-corrected chi connectivity index (χ3v) is 5.36. The zero-order chi connectivity index (χ0) is 24.0. The van der Waals surface area contributed by atoms with Crippen molar-refractivity contribution in [2.75, 3.05) is 0 Å². The van der Waals surface area contributed by atoms with Gasteiger partial charge in [0, 0.05) is 31.1 Å². The third-order valence-electron chi connectivity index (χ3n) is 5.36. The Kier molecular flexibility index (Phi) is 5.66. The molecule has 0 aliphatic heterocycles. The number of carbonyl (C=O) groups excluding carboxylic acids is 1. The number of aryl methyl sites for hydroxylation is 2. The molecule has 0 unspecified atom stereocenters. The molecule has 0 radical (unpaired) electrons. The first kappa shape index (κ1) is 22.8. The first-order valence-electron chi connectivity index (χ1n) is 9.97. The first-order chi connectivity index (χ1) is 15.4. The minimum atomic E-state index is -4.69. The summed E-state index contributed by atoms with van der Waals surface area (Å²) in [6, 6.07) is 2.35. The van der Waals surface area contributed by atoms with Crippen LogP contribution in [0.25, 0.3) is 5.69 Å². The molecule has 1 aliphatic carbocycles. The van der Waals surface area contributed by atoms with Crippen LogP contribution in [-0.4, -0.2) is 30.5 Å².